The Balaban J connectivity index is 2.17. The first kappa shape index (κ1) is 13.2. The fraction of sp³-hybridized carbons (Fsp3) is 0.0667. The number of anilines is 1. The number of thioether (sulfide) groups is 1. The summed E-state index contributed by atoms with van der Waals surface area (Å²) in [5.74, 6) is -0.689. The predicted octanol–water partition coefficient (Wildman–Crippen LogP) is 3.86. The van der Waals surface area contributed by atoms with E-state index in [1.807, 2.05) is 18.4 Å². The number of rotatable bonds is 2. The monoisotopic (exact) mass is 303 g/mol. The van der Waals surface area contributed by atoms with E-state index in [1.165, 1.54) is 16.7 Å². The highest BCUT2D eigenvalue weighted by Gasteiger charge is 2.38. The molecule has 5 heteroatoms. The Labute approximate surface area is 125 Å². The molecule has 0 atom stereocenters. The molecule has 0 saturated carbocycles. The number of para-hydroxylation sites is 1. The van der Waals surface area contributed by atoms with Crippen molar-refractivity contribution in [3.63, 3.8) is 0 Å². The van der Waals surface area contributed by atoms with Gasteiger partial charge in [-0.05, 0) is 30.5 Å². The standard InChI is InChI=1S/C15H10ClNO2S/c1-20-12-8-3-2-7-11(12)17-14(18)9-5-4-6-10(16)13(9)15(17)19/h2-8H,1H3. The highest BCUT2D eigenvalue weighted by atomic mass is 35.5. The van der Waals surface area contributed by atoms with Crippen molar-refractivity contribution in [2.75, 3.05) is 11.2 Å². The summed E-state index contributed by atoms with van der Waals surface area (Å²) in [7, 11) is 0. The maximum atomic E-state index is 12.5. The van der Waals surface area contributed by atoms with Gasteiger partial charge in [0, 0.05) is 4.90 Å². The number of carbonyl (C=O) groups excluding carboxylic acids is 2. The summed E-state index contributed by atoms with van der Waals surface area (Å²) in [5, 5.41) is 0.310. The van der Waals surface area contributed by atoms with Crippen molar-refractivity contribution in [1.29, 1.82) is 0 Å². The van der Waals surface area contributed by atoms with Crippen LogP contribution < -0.4 is 4.90 Å². The summed E-state index contributed by atoms with van der Waals surface area (Å²) in [6.45, 7) is 0. The van der Waals surface area contributed by atoms with E-state index >= 15 is 0 Å². The van der Waals surface area contributed by atoms with Crippen molar-refractivity contribution in [3.8, 4) is 0 Å². The fourth-order valence-corrected chi connectivity index (χ4v) is 3.12. The van der Waals surface area contributed by atoms with E-state index in [9.17, 15) is 9.59 Å². The molecule has 3 rings (SSSR count). The largest absolute Gasteiger partial charge is 0.268 e. The number of nitrogens with zero attached hydrogens (tertiary/aromatic N) is 1. The number of imide groups is 1. The molecule has 20 heavy (non-hydrogen) atoms. The second-order valence-electron chi connectivity index (χ2n) is 4.28. The second-order valence-corrected chi connectivity index (χ2v) is 5.54. The number of fused-ring (bicyclic) bond motifs is 1. The van der Waals surface area contributed by atoms with Crippen LogP contribution in [0.2, 0.25) is 5.02 Å². The molecule has 0 aliphatic carbocycles. The smallest absolute Gasteiger partial charge is 0.267 e. The first-order chi connectivity index (χ1) is 9.65. The van der Waals surface area contributed by atoms with Crippen molar-refractivity contribution >= 4 is 40.9 Å². The Morgan fingerprint density at radius 1 is 1.00 bits per heavy atom. The third-order valence-corrected chi connectivity index (χ3v) is 4.29. The minimum absolute atomic E-state index is 0.287. The molecule has 0 spiro atoms. The Kier molecular flexibility index (Phi) is 3.28. The van der Waals surface area contributed by atoms with Gasteiger partial charge in [0.05, 0.1) is 21.8 Å². The molecule has 2 amide bonds. The summed E-state index contributed by atoms with van der Waals surface area (Å²) in [4.78, 5) is 27.0. The molecule has 0 radical (unpaired) electrons. The number of halogens is 1. The summed E-state index contributed by atoms with van der Waals surface area (Å²) < 4.78 is 0. The van der Waals surface area contributed by atoms with E-state index in [2.05, 4.69) is 0 Å². The lowest BCUT2D eigenvalue weighted by atomic mass is 10.1. The van der Waals surface area contributed by atoms with E-state index in [0.717, 1.165) is 4.90 Å². The molecule has 100 valence electrons. The number of hydrogen-bond donors (Lipinski definition) is 0. The van der Waals surface area contributed by atoms with Crippen molar-refractivity contribution in [3.05, 3.63) is 58.6 Å². The minimum atomic E-state index is -0.364. The van der Waals surface area contributed by atoms with Gasteiger partial charge in [-0.1, -0.05) is 29.8 Å². The van der Waals surface area contributed by atoms with Crippen LogP contribution in [0.5, 0.6) is 0 Å². The number of carbonyl (C=O) groups is 2. The SMILES string of the molecule is CSc1ccccc1N1C(=O)c2cccc(Cl)c2C1=O. The average Bonchev–Trinajstić information content (AvgIpc) is 2.72. The molecule has 0 unspecified atom stereocenters. The fourth-order valence-electron chi connectivity index (χ4n) is 2.28. The quantitative estimate of drug-likeness (QED) is 0.624. The van der Waals surface area contributed by atoms with E-state index in [-0.39, 0.29) is 17.4 Å². The zero-order valence-corrected chi connectivity index (χ0v) is 12.2. The molecule has 2 aromatic rings. The molecule has 1 aliphatic heterocycles. The molecular weight excluding hydrogens is 294 g/mol. The number of amides is 2. The van der Waals surface area contributed by atoms with Crippen LogP contribution >= 0.6 is 23.4 Å². The third kappa shape index (κ3) is 1.84. The summed E-state index contributed by atoms with van der Waals surface area (Å²) in [5.41, 5.74) is 1.25. The molecule has 0 bridgehead atoms. The van der Waals surface area contributed by atoms with Gasteiger partial charge in [-0.2, -0.15) is 0 Å². The van der Waals surface area contributed by atoms with Gasteiger partial charge in [-0.15, -0.1) is 11.8 Å². The van der Waals surface area contributed by atoms with E-state index in [0.29, 0.717) is 16.3 Å². The number of hydrogen-bond acceptors (Lipinski definition) is 3. The van der Waals surface area contributed by atoms with E-state index < -0.39 is 0 Å². The molecule has 1 heterocycles. The molecule has 0 saturated heterocycles. The van der Waals surface area contributed by atoms with Crippen LogP contribution in [0.3, 0.4) is 0 Å². The zero-order valence-electron chi connectivity index (χ0n) is 10.6. The Bertz CT molecular complexity index is 730. The van der Waals surface area contributed by atoms with Gasteiger partial charge in [0.2, 0.25) is 0 Å². The van der Waals surface area contributed by atoms with Gasteiger partial charge in [-0.3, -0.25) is 9.59 Å². The lowest BCUT2D eigenvalue weighted by Crippen LogP contribution is -2.29. The average molecular weight is 304 g/mol. The van der Waals surface area contributed by atoms with Crippen molar-refractivity contribution in [2.45, 2.75) is 4.90 Å². The van der Waals surface area contributed by atoms with Crippen LogP contribution in [-0.4, -0.2) is 18.1 Å². The summed E-state index contributed by atoms with van der Waals surface area (Å²) >= 11 is 7.54. The van der Waals surface area contributed by atoms with Crippen LogP contribution in [0.4, 0.5) is 5.69 Å². The Morgan fingerprint density at radius 2 is 1.75 bits per heavy atom. The van der Waals surface area contributed by atoms with E-state index in [4.69, 9.17) is 11.6 Å². The first-order valence-corrected chi connectivity index (χ1v) is 7.55. The van der Waals surface area contributed by atoms with Crippen LogP contribution in [0.15, 0.2) is 47.4 Å². The van der Waals surface area contributed by atoms with Crippen LogP contribution in [-0.2, 0) is 0 Å². The topological polar surface area (TPSA) is 37.4 Å². The molecule has 0 N–H and O–H groups in total. The van der Waals surface area contributed by atoms with Crippen LogP contribution in [0, 0.1) is 0 Å². The van der Waals surface area contributed by atoms with Gasteiger partial charge in [0.1, 0.15) is 0 Å². The normalized spacial score (nSPS) is 13.8. The third-order valence-electron chi connectivity index (χ3n) is 3.19. The summed E-state index contributed by atoms with van der Waals surface area (Å²) in [6, 6.07) is 12.3. The zero-order chi connectivity index (χ0) is 14.3. The maximum Gasteiger partial charge on any atom is 0.267 e. The van der Waals surface area contributed by atoms with Crippen LogP contribution in [0.1, 0.15) is 20.7 Å². The van der Waals surface area contributed by atoms with Crippen molar-refractivity contribution in [1.82, 2.24) is 0 Å². The highest BCUT2D eigenvalue weighted by Crippen LogP contribution is 2.36. The molecular formula is C15H10ClNO2S. The summed E-state index contributed by atoms with van der Waals surface area (Å²) in [6.07, 6.45) is 1.91. The lowest BCUT2D eigenvalue weighted by Gasteiger charge is -2.16. The minimum Gasteiger partial charge on any atom is -0.268 e. The van der Waals surface area contributed by atoms with Crippen molar-refractivity contribution < 1.29 is 9.59 Å². The highest BCUT2D eigenvalue weighted by molar-refractivity contribution is 7.98. The molecule has 3 nitrogen and oxygen atoms in total. The number of benzene rings is 2. The lowest BCUT2D eigenvalue weighted by molar-refractivity contribution is 0.0925. The van der Waals surface area contributed by atoms with E-state index in [1.54, 1.807) is 30.3 Å². The van der Waals surface area contributed by atoms with Gasteiger partial charge in [0.15, 0.2) is 0 Å². The Morgan fingerprint density at radius 3 is 2.45 bits per heavy atom. The van der Waals surface area contributed by atoms with Crippen LogP contribution in [0.25, 0.3) is 0 Å². The van der Waals surface area contributed by atoms with Crippen molar-refractivity contribution in [2.24, 2.45) is 0 Å². The second kappa shape index (κ2) is 4.96. The molecule has 2 aromatic carbocycles. The van der Waals surface area contributed by atoms with Gasteiger partial charge in [-0.25, -0.2) is 4.90 Å². The van der Waals surface area contributed by atoms with Gasteiger partial charge in [0.25, 0.3) is 11.8 Å². The Hall–Kier alpha value is -1.78. The van der Waals surface area contributed by atoms with Gasteiger partial charge >= 0.3 is 0 Å². The molecule has 0 aromatic heterocycles. The molecule has 0 fully saturated rings. The first-order valence-electron chi connectivity index (χ1n) is 5.95. The van der Waals surface area contributed by atoms with Gasteiger partial charge < -0.3 is 0 Å². The molecule has 1 aliphatic rings. The predicted molar refractivity (Wildman–Crippen MR) is 80.8 cm³/mol. The maximum absolute atomic E-state index is 12.5.